The molecule has 128 valence electrons. The molecule has 0 aliphatic carbocycles. The van der Waals surface area contributed by atoms with Crippen LogP contribution in [0.25, 0.3) is 0 Å². The Morgan fingerprint density at radius 3 is 1.96 bits per heavy atom. The molecular weight excluding hydrogens is 368 g/mol. The maximum absolute atomic E-state index is 9.02. The molecule has 0 fully saturated rings. The maximum atomic E-state index is 9.02. The first-order chi connectivity index (χ1) is 13.1. The van der Waals surface area contributed by atoms with Crippen LogP contribution >= 0.6 is 15.9 Å². The summed E-state index contributed by atoms with van der Waals surface area (Å²) in [5, 5.41) is 7.70. The molecule has 2 aromatic rings. The molecule has 0 spiro atoms. The van der Waals surface area contributed by atoms with Crippen LogP contribution in [-0.2, 0) is 25.7 Å². The van der Waals surface area contributed by atoms with Gasteiger partial charge in [-0.1, -0.05) is 40.2 Å². The Labute approximate surface area is 157 Å². The summed E-state index contributed by atoms with van der Waals surface area (Å²) in [6, 6.07) is 11.4. The number of fused-ring (bicyclic) bond motifs is 2. The average molecular weight is 395 g/mol. The smallest absolute Gasteiger partial charge is 0.122 e. The molecule has 0 amide bonds. The van der Waals surface area contributed by atoms with E-state index in [4.69, 9.17) is 20.1 Å². The number of halogens is 1. The van der Waals surface area contributed by atoms with Gasteiger partial charge in [-0.3, -0.25) is 0 Å². The molecule has 0 radical (unpaired) electrons. The number of rotatable bonds is 4. The monoisotopic (exact) mass is 394 g/mol. The van der Waals surface area contributed by atoms with E-state index in [-0.39, 0.29) is 6.42 Å². The van der Waals surface area contributed by atoms with E-state index in [0.717, 1.165) is 47.6 Å². The van der Waals surface area contributed by atoms with Gasteiger partial charge in [-0.25, -0.2) is 0 Å². The second kappa shape index (κ2) is 8.54. The number of aryl methyl sites for hydroxylation is 2. The zero-order chi connectivity index (χ0) is 20.4. The normalized spacial score (nSPS) is 17.8. The highest BCUT2D eigenvalue weighted by Gasteiger charge is 2.12. The second-order valence-corrected chi connectivity index (χ2v) is 6.29. The van der Waals surface area contributed by atoms with Gasteiger partial charge in [0.25, 0.3) is 0 Å². The fourth-order valence-corrected chi connectivity index (χ4v) is 3.19. The van der Waals surface area contributed by atoms with Crippen molar-refractivity contribution in [3.63, 3.8) is 0 Å². The molecule has 0 aromatic heterocycles. The van der Waals surface area contributed by atoms with Crippen molar-refractivity contribution in [3.8, 4) is 11.5 Å². The summed E-state index contributed by atoms with van der Waals surface area (Å²) in [4.78, 5) is 0. The van der Waals surface area contributed by atoms with E-state index in [1.54, 1.807) is 6.07 Å². The van der Waals surface area contributed by atoms with Crippen LogP contribution in [0.2, 0.25) is 0 Å². The quantitative estimate of drug-likeness (QED) is 0.803. The molecule has 2 heterocycles. The topological polar surface area (TPSA) is 38.7 Å². The Bertz CT molecular complexity index is 762. The summed E-state index contributed by atoms with van der Waals surface area (Å²) in [6.45, 7) is -0.682. The van der Waals surface area contributed by atoms with Gasteiger partial charge in [0.1, 0.15) is 11.5 Å². The van der Waals surface area contributed by atoms with Gasteiger partial charge in [-0.2, -0.15) is 0 Å². The summed E-state index contributed by atoms with van der Waals surface area (Å²) < 4.78 is 39.7. The number of benzene rings is 2. The fourth-order valence-electron chi connectivity index (χ4n) is 2.87. The summed E-state index contributed by atoms with van der Waals surface area (Å²) in [6.07, 6.45) is 2.23. The second-order valence-electron chi connectivity index (χ2n) is 5.73. The van der Waals surface area contributed by atoms with Crippen molar-refractivity contribution < 1.29 is 20.1 Å². The number of hydrogen-bond acceptors (Lipinski definition) is 3. The third kappa shape index (κ3) is 4.31. The number of alkyl halides is 1. The number of hydrogen-bond donors (Lipinski definition) is 1. The van der Waals surface area contributed by atoms with Gasteiger partial charge in [0.2, 0.25) is 0 Å². The largest absolute Gasteiger partial charge is 0.493 e. The van der Waals surface area contributed by atoms with E-state index in [1.807, 2.05) is 30.3 Å². The average Bonchev–Trinajstić information content (AvgIpc) is 3.20. The minimum atomic E-state index is -2.13. The van der Waals surface area contributed by atoms with Crippen molar-refractivity contribution in [1.29, 1.82) is 0 Å². The molecule has 0 atom stereocenters. The Morgan fingerprint density at radius 2 is 1.46 bits per heavy atom. The Balaban J connectivity index is 0.000000161. The number of aliphatic hydroxyl groups is 1. The van der Waals surface area contributed by atoms with Crippen LogP contribution in [0, 0.1) is 0 Å². The van der Waals surface area contributed by atoms with Gasteiger partial charge in [0, 0.05) is 27.4 Å². The van der Waals surface area contributed by atoms with Crippen LogP contribution < -0.4 is 9.47 Å². The highest BCUT2D eigenvalue weighted by Crippen LogP contribution is 2.26. The highest BCUT2D eigenvalue weighted by molar-refractivity contribution is 9.09. The van der Waals surface area contributed by atoms with Crippen molar-refractivity contribution in [3.05, 3.63) is 58.7 Å². The third-order valence-electron chi connectivity index (χ3n) is 4.06. The molecule has 2 aromatic carbocycles. The third-order valence-corrected chi connectivity index (χ3v) is 4.34. The van der Waals surface area contributed by atoms with Crippen LogP contribution in [-0.4, -0.2) is 30.2 Å². The first-order valence-electron chi connectivity index (χ1n) is 10.00. The molecular formula is C20H23BrO3. The Morgan fingerprint density at radius 1 is 0.917 bits per heavy atom. The number of ether oxygens (including phenoxy) is 2. The van der Waals surface area contributed by atoms with Crippen molar-refractivity contribution in [2.45, 2.75) is 25.7 Å². The van der Waals surface area contributed by atoms with Crippen LogP contribution in [0.3, 0.4) is 0 Å². The predicted octanol–water partition coefficient (Wildman–Crippen LogP) is 3.72. The highest BCUT2D eigenvalue weighted by atomic mass is 79.9. The molecule has 0 unspecified atom stereocenters. The SMILES string of the molecule is [2H]C([2H])(Br)Cc1ccc2c(c1)CCO2.[2H]C([2H])(O)Cc1ccc2c(c1)CCO2. The summed E-state index contributed by atoms with van der Waals surface area (Å²) in [5.41, 5.74) is 4.11. The van der Waals surface area contributed by atoms with E-state index in [9.17, 15) is 0 Å². The lowest BCUT2D eigenvalue weighted by molar-refractivity contribution is 0.299. The van der Waals surface area contributed by atoms with Gasteiger partial charge < -0.3 is 14.6 Å². The molecule has 1 N–H and O–H groups in total. The Hall–Kier alpha value is -1.52. The zero-order valence-electron chi connectivity index (χ0n) is 17.3. The molecule has 3 nitrogen and oxygen atoms in total. The molecule has 2 aliphatic rings. The van der Waals surface area contributed by atoms with E-state index in [1.165, 1.54) is 5.56 Å². The lowest BCUT2D eigenvalue weighted by Crippen LogP contribution is -1.90. The summed E-state index contributed by atoms with van der Waals surface area (Å²) in [7, 11) is 0. The van der Waals surface area contributed by atoms with Gasteiger partial charge in [-0.05, 0) is 47.2 Å². The first kappa shape index (κ1) is 12.8. The molecule has 0 bridgehead atoms. The molecule has 24 heavy (non-hydrogen) atoms. The fraction of sp³-hybridized carbons (Fsp3) is 0.400. The van der Waals surface area contributed by atoms with Crippen LogP contribution in [0.5, 0.6) is 11.5 Å². The Kier molecular flexibility index (Phi) is 4.55. The molecule has 2 aliphatic heterocycles. The van der Waals surface area contributed by atoms with E-state index < -0.39 is 11.8 Å². The van der Waals surface area contributed by atoms with Crippen molar-refractivity contribution in [2.75, 3.05) is 25.1 Å². The summed E-state index contributed by atoms with van der Waals surface area (Å²) in [5.74, 6) is 1.83. The van der Waals surface area contributed by atoms with Crippen LogP contribution in [0.15, 0.2) is 36.4 Å². The standard InChI is InChI=1S/C10H11BrO.C10H12O2/c2*11-5-3-8-1-2-10-9(7-8)4-6-12-10/h1-2,7H,3-6H2;1-2,7,11H,3-6H2/i2*5D2. The lowest BCUT2D eigenvalue weighted by atomic mass is 10.1. The molecule has 0 saturated heterocycles. The van der Waals surface area contributed by atoms with Gasteiger partial charge in [0.15, 0.2) is 0 Å². The first-order valence-corrected chi connectivity index (χ1v) is 8.79. The van der Waals surface area contributed by atoms with E-state index in [2.05, 4.69) is 15.9 Å². The van der Waals surface area contributed by atoms with Crippen molar-refractivity contribution in [1.82, 2.24) is 0 Å². The van der Waals surface area contributed by atoms with Crippen molar-refractivity contribution in [2.24, 2.45) is 0 Å². The zero-order valence-corrected chi connectivity index (χ0v) is 14.9. The maximum Gasteiger partial charge on any atom is 0.122 e. The molecule has 0 saturated carbocycles. The van der Waals surface area contributed by atoms with E-state index >= 15 is 0 Å². The summed E-state index contributed by atoms with van der Waals surface area (Å²) >= 11 is 3.00. The minimum absolute atomic E-state index is 0.0281. The van der Waals surface area contributed by atoms with E-state index in [0.29, 0.717) is 13.0 Å². The lowest BCUT2D eigenvalue weighted by Gasteiger charge is -2.01. The van der Waals surface area contributed by atoms with Gasteiger partial charge >= 0.3 is 0 Å². The molecule has 4 heteroatoms. The predicted molar refractivity (Wildman–Crippen MR) is 99.6 cm³/mol. The minimum Gasteiger partial charge on any atom is -0.493 e. The van der Waals surface area contributed by atoms with Crippen LogP contribution in [0.4, 0.5) is 0 Å². The van der Waals surface area contributed by atoms with Gasteiger partial charge in [0.05, 0.1) is 16.0 Å². The van der Waals surface area contributed by atoms with Crippen molar-refractivity contribution >= 4 is 15.9 Å². The van der Waals surface area contributed by atoms with Gasteiger partial charge in [-0.15, -0.1) is 0 Å². The van der Waals surface area contributed by atoms with Crippen LogP contribution in [0.1, 0.15) is 27.7 Å². The molecule has 4 rings (SSSR count).